The van der Waals surface area contributed by atoms with Crippen LogP contribution in [0.5, 0.6) is 0 Å². The van der Waals surface area contributed by atoms with Crippen molar-refractivity contribution >= 4 is 22.6 Å². The SMILES string of the molecule is COC(=O)C1CCC(=O)N1C(C)c1ccc2ccccc2c1. The highest BCUT2D eigenvalue weighted by Gasteiger charge is 2.39. The Labute approximate surface area is 129 Å². The molecule has 2 aromatic carbocycles. The molecule has 0 radical (unpaired) electrons. The molecule has 0 N–H and O–H groups in total. The molecule has 114 valence electrons. The number of ether oxygens (including phenoxy) is 1. The van der Waals surface area contributed by atoms with Crippen LogP contribution in [-0.4, -0.2) is 29.9 Å². The zero-order chi connectivity index (χ0) is 15.7. The summed E-state index contributed by atoms with van der Waals surface area (Å²) in [4.78, 5) is 25.8. The largest absolute Gasteiger partial charge is 0.467 e. The van der Waals surface area contributed by atoms with E-state index in [0.29, 0.717) is 12.8 Å². The van der Waals surface area contributed by atoms with Gasteiger partial charge in [-0.3, -0.25) is 4.79 Å². The summed E-state index contributed by atoms with van der Waals surface area (Å²) in [5.41, 5.74) is 1.03. The average Bonchev–Trinajstić information content (AvgIpc) is 2.94. The number of fused-ring (bicyclic) bond motifs is 1. The van der Waals surface area contributed by atoms with E-state index >= 15 is 0 Å². The first-order valence-electron chi connectivity index (χ1n) is 7.49. The maximum Gasteiger partial charge on any atom is 0.328 e. The molecule has 1 saturated heterocycles. The van der Waals surface area contributed by atoms with Gasteiger partial charge in [-0.05, 0) is 35.7 Å². The van der Waals surface area contributed by atoms with E-state index in [1.165, 1.54) is 7.11 Å². The zero-order valence-electron chi connectivity index (χ0n) is 12.8. The summed E-state index contributed by atoms with van der Waals surface area (Å²) in [6.45, 7) is 1.96. The quantitative estimate of drug-likeness (QED) is 0.818. The lowest BCUT2D eigenvalue weighted by atomic mass is 10.0. The maximum absolute atomic E-state index is 12.2. The molecular weight excluding hydrogens is 278 g/mol. The molecule has 4 heteroatoms. The molecule has 0 aromatic heterocycles. The first-order chi connectivity index (χ1) is 10.6. The van der Waals surface area contributed by atoms with E-state index in [4.69, 9.17) is 4.74 Å². The summed E-state index contributed by atoms with van der Waals surface area (Å²) in [5.74, 6) is -0.324. The fourth-order valence-corrected chi connectivity index (χ4v) is 3.18. The van der Waals surface area contributed by atoms with Crippen LogP contribution in [0.3, 0.4) is 0 Å². The van der Waals surface area contributed by atoms with Crippen LogP contribution in [-0.2, 0) is 14.3 Å². The van der Waals surface area contributed by atoms with Crippen LogP contribution in [0.1, 0.15) is 31.4 Å². The molecule has 2 unspecified atom stereocenters. The second-order valence-corrected chi connectivity index (χ2v) is 5.66. The maximum atomic E-state index is 12.2. The summed E-state index contributed by atoms with van der Waals surface area (Å²) in [6, 6.07) is 13.6. The van der Waals surface area contributed by atoms with Gasteiger partial charge in [0.05, 0.1) is 13.2 Å². The Hall–Kier alpha value is -2.36. The number of carbonyl (C=O) groups is 2. The Morgan fingerprint density at radius 2 is 1.95 bits per heavy atom. The highest BCUT2D eigenvalue weighted by molar-refractivity contribution is 5.89. The van der Waals surface area contributed by atoms with E-state index in [1.807, 2.05) is 25.1 Å². The van der Waals surface area contributed by atoms with Gasteiger partial charge < -0.3 is 9.64 Å². The van der Waals surface area contributed by atoms with Crippen LogP contribution >= 0.6 is 0 Å². The normalized spacial score (nSPS) is 19.5. The van der Waals surface area contributed by atoms with Gasteiger partial charge in [0, 0.05) is 6.42 Å². The van der Waals surface area contributed by atoms with Gasteiger partial charge in [-0.2, -0.15) is 0 Å². The number of hydrogen-bond donors (Lipinski definition) is 0. The van der Waals surface area contributed by atoms with Crippen LogP contribution in [0.15, 0.2) is 42.5 Å². The third-order valence-corrected chi connectivity index (χ3v) is 4.40. The van der Waals surface area contributed by atoms with Crippen molar-refractivity contribution in [1.29, 1.82) is 0 Å². The van der Waals surface area contributed by atoms with Crippen LogP contribution in [0.4, 0.5) is 0 Å². The molecule has 1 aliphatic heterocycles. The van der Waals surface area contributed by atoms with Gasteiger partial charge in [-0.15, -0.1) is 0 Å². The molecule has 1 heterocycles. The molecule has 0 spiro atoms. The van der Waals surface area contributed by atoms with Crippen LogP contribution in [0.25, 0.3) is 10.8 Å². The standard InChI is InChI=1S/C18H19NO3/c1-12(19-16(18(21)22-2)9-10-17(19)20)14-8-7-13-5-3-4-6-15(13)11-14/h3-8,11-12,16H,9-10H2,1-2H3. The van der Waals surface area contributed by atoms with Crippen molar-refractivity contribution in [1.82, 2.24) is 4.90 Å². The minimum Gasteiger partial charge on any atom is -0.467 e. The molecule has 0 bridgehead atoms. The van der Waals surface area contributed by atoms with Gasteiger partial charge in [0.25, 0.3) is 0 Å². The molecule has 2 atom stereocenters. The Morgan fingerprint density at radius 3 is 2.68 bits per heavy atom. The third kappa shape index (κ3) is 2.45. The van der Waals surface area contributed by atoms with Gasteiger partial charge in [-0.1, -0.05) is 36.4 Å². The summed E-state index contributed by atoms with van der Waals surface area (Å²) >= 11 is 0. The van der Waals surface area contributed by atoms with Gasteiger partial charge in [-0.25, -0.2) is 4.79 Å². The van der Waals surface area contributed by atoms with E-state index in [0.717, 1.165) is 16.3 Å². The minimum atomic E-state index is -0.473. The lowest BCUT2D eigenvalue weighted by molar-refractivity contribution is -0.150. The molecular formula is C18H19NO3. The first kappa shape index (κ1) is 14.6. The number of esters is 1. The van der Waals surface area contributed by atoms with Crippen LogP contribution in [0.2, 0.25) is 0 Å². The monoisotopic (exact) mass is 297 g/mol. The fraction of sp³-hybridized carbons (Fsp3) is 0.333. The molecule has 3 rings (SSSR count). The number of benzene rings is 2. The average molecular weight is 297 g/mol. The Bertz CT molecular complexity index is 725. The summed E-state index contributed by atoms with van der Waals surface area (Å²) in [6.07, 6.45) is 0.932. The Morgan fingerprint density at radius 1 is 1.23 bits per heavy atom. The number of carbonyl (C=O) groups excluding carboxylic acids is 2. The molecule has 4 nitrogen and oxygen atoms in total. The van der Waals surface area contributed by atoms with E-state index in [-0.39, 0.29) is 17.9 Å². The predicted molar refractivity (Wildman–Crippen MR) is 84.2 cm³/mol. The number of rotatable bonds is 3. The topological polar surface area (TPSA) is 46.6 Å². The fourth-order valence-electron chi connectivity index (χ4n) is 3.18. The van der Waals surface area contributed by atoms with Crippen molar-refractivity contribution in [2.45, 2.75) is 31.8 Å². The van der Waals surface area contributed by atoms with Crippen molar-refractivity contribution in [2.75, 3.05) is 7.11 Å². The van der Waals surface area contributed by atoms with E-state index in [2.05, 4.69) is 24.3 Å². The minimum absolute atomic E-state index is 0.0102. The predicted octanol–water partition coefficient (Wildman–Crippen LogP) is 3.06. The molecule has 22 heavy (non-hydrogen) atoms. The van der Waals surface area contributed by atoms with Gasteiger partial charge in [0.15, 0.2) is 0 Å². The highest BCUT2D eigenvalue weighted by Crippen LogP contribution is 2.32. The van der Waals surface area contributed by atoms with Gasteiger partial charge >= 0.3 is 5.97 Å². The second kappa shape index (κ2) is 5.79. The van der Waals surface area contributed by atoms with E-state index < -0.39 is 6.04 Å². The summed E-state index contributed by atoms with van der Waals surface area (Å²) < 4.78 is 4.84. The van der Waals surface area contributed by atoms with Crippen molar-refractivity contribution in [2.24, 2.45) is 0 Å². The zero-order valence-corrected chi connectivity index (χ0v) is 12.8. The van der Waals surface area contributed by atoms with Crippen molar-refractivity contribution < 1.29 is 14.3 Å². The second-order valence-electron chi connectivity index (χ2n) is 5.66. The van der Waals surface area contributed by atoms with Gasteiger partial charge in [0.2, 0.25) is 5.91 Å². The van der Waals surface area contributed by atoms with Crippen molar-refractivity contribution in [3.8, 4) is 0 Å². The molecule has 1 fully saturated rings. The Kier molecular flexibility index (Phi) is 3.84. The molecule has 0 aliphatic carbocycles. The molecule has 1 amide bonds. The highest BCUT2D eigenvalue weighted by atomic mass is 16.5. The summed E-state index contributed by atoms with van der Waals surface area (Å²) in [5, 5.41) is 2.30. The van der Waals surface area contributed by atoms with Crippen LogP contribution < -0.4 is 0 Å². The number of methoxy groups -OCH3 is 1. The Balaban J connectivity index is 1.94. The smallest absolute Gasteiger partial charge is 0.328 e. The lowest BCUT2D eigenvalue weighted by Crippen LogP contribution is -2.40. The van der Waals surface area contributed by atoms with Crippen LogP contribution in [0, 0.1) is 0 Å². The summed E-state index contributed by atoms with van der Waals surface area (Å²) in [7, 11) is 1.37. The molecule has 2 aromatic rings. The number of hydrogen-bond acceptors (Lipinski definition) is 3. The van der Waals surface area contributed by atoms with E-state index in [1.54, 1.807) is 4.90 Å². The van der Waals surface area contributed by atoms with Gasteiger partial charge in [0.1, 0.15) is 6.04 Å². The molecule has 1 aliphatic rings. The van der Waals surface area contributed by atoms with Crippen molar-refractivity contribution in [3.63, 3.8) is 0 Å². The van der Waals surface area contributed by atoms with Crippen molar-refractivity contribution in [3.05, 3.63) is 48.0 Å². The third-order valence-electron chi connectivity index (χ3n) is 4.40. The number of nitrogens with zero attached hydrogens (tertiary/aromatic N) is 1. The molecule has 0 saturated carbocycles. The number of amides is 1. The van der Waals surface area contributed by atoms with E-state index in [9.17, 15) is 9.59 Å². The number of likely N-dealkylation sites (tertiary alicyclic amines) is 1. The first-order valence-corrected chi connectivity index (χ1v) is 7.49. The lowest BCUT2D eigenvalue weighted by Gasteiger charge is -2.29.